The van der Waals surface area contributed by atoms with E-state index in [2.05, 4.69) is 32.6 Å². The molecule has 0 spiro atoms. The van der Waals surface area contributed by atoms with Gasteiger partial charge in [0.2, 0.25) is 0 Å². The molecule has 2 fully saturated rings. The maximum Gasteiger partial charge on any atom is 0.258 e. The van der Waals surface area contributed by atoms with Crippen LogP contribution < -0.4 is 15.4 Å². The molecule has 2 aliphatic heterocycles. The molecular weight excluding hydrogens is 404 g/mol. The molecule has 6 heteroatoms. The van der Waals surface area contributed by atoms with Gasteiger partial charge in [-0.3, -0.25) is 4.79 Å². The average molecular weight is 426 g/mol. The summed E-state index contributed by atoms with van der Waals surface area (Å²) in [5.74, 6) is 0.697. The van der Waals surface area contributed by atoms with Crippen LogP contribution in [0.2, 0.25) is 0 Å². The van der Waals surface area contributed by atoms with Gasteiger partial charge in [-0.2, -0.15) is 0 Å². The Bertz CT molecular complexity index is 758. The number of halogens is 2. The van der Waals surface area contributed by atoms with Crippen LogP contribution in [0.1, 0.15) is 25.7 Å². The van der Waals surface area contributed by atoms with Crippen molar-refractivity contribution in [1.29, 1.82) is 0 Å². The van der Waals surface area contributed by atoms with E-state index in [9.17, 15) is 4.79 Å². The summed E-state index contributed by atoms with van der Waals surface area (Å²) in [7, 11) is 0. The van der Waals surface area contributed by atoms with E-state index in [0.29, 0.717) is 12.1 Å². The zero-order valence-electron chi connectivity index (χ0n) is 13.8. The van der Waals surface area contributed by atoms with Crippen molar-refractivity contribution >= 4 is 45.0 Å². The Labute approximate surface area is 162 Å². The Morgan fingerprint density at radius 1 is 1.12 bits per heavy atom. The van der Waals surface area contributed by atoms with Crippen molar-refractivity contribution in [2.75, 3.05) is 6.61 Å². The Balaban J connectivity index is 0.00000182. The maximum atomic E-state index is 12.2. The van der Waals surface area contributed by atoms with E-state index in [-0.39, 0.29) is 31.0 Å². The molecule has 4 rings (SSSR count). The van der Waals surface area contributed by atoms with Gasteiger partial charge in [-0.1, -0.05) is 28.1 Å². The lowest BCUT2D eigenvalue weighted by Gasteiger charge is -2.29. The van der Waals surface area contributed by atoms with E-state index in [1.807, 2.05) is 30.3 Å². The standard InChI is InChI=1S/C19H21BrN2O2.ClH/c20-14-3-1-13-8-18(6-2-12(13)7-14)24-11-19(23)22-17-9-15-4-5-16(10-17)21-15;/h1-3,6-8,15-17,21H,4-5,9-11H2,(H,22,23);1H. The summed E-state index contributed by atoms with van der Waals surface area (Å²) in [5.41, 5.74) is 0. The number of fused-ring (bicyclic) bond motifs is 3. The second-order valence-corrected chi connectivity index (χ2v) is 7.73. The van der Waals surface area contributed by atoms with Gasteiger partial charge in [0.25, 0.3) is 5.91 Å². The molecular formula is C19H22BrClN2O2. The van der Waals surface area contributed by atoms with Crippen molar-refractivity contribution in [2.45, 2.75) is 43.8 Å². The van der Waals surface area contributed by atoms with E-state index in [4.69, 9.17) is 4.74 Å². The normalized spacial score (nSPS) is 24.6. The minimum Gasteiger partial charge on any atom is -0.484 e. The molecule has 0 saturated carbocycles. The van der Waals surface area contributed by atoms with Gasteiger partial charge in [-0.25, -0.2) is 0 Å². The van der Waals surface area contributed by atoms with Gasteiger partial charge in [-0.15, -0.1) is 12.4 Å². The van der Waals surface area contributed by atoms with E-state index in [0.717, 1.165) is 33.8 Å². The molecule has 1 amide bonds. The molecule has 134 valence electrons. The number of benzene rings is 2. The van der Waals surface area contributed by atoms with Crippen LogP contribution in [0.4, 0.5) is 0 Å². The van der Waals surface area contributed by atoms with E-state index in [1.165, 1.54) is 12.8 Å². The number of hydrogen-bond donors (Lipinski definition) is 2. The summed E-state index contributed by atoms with van der Waals surface area (Å²) in [4.78, 5) is 12.2. The number of ether oxygens (including phenoxy) is 1. The molecule has 2 aliphatic rings. The molecule has 25 heavy (non-hydrogen) atoms. The zero-order chi connectivity index (χ0) is 16.5. The molecule has 2 atom stereocenters. The van der Waals surface area contributed by atoms with Crippen LogP contribution in [0.3, 0.4) is 0 Å². The fourth-order valence-corrected chi connectivity index (χ4v) is 4.26. The monoisotopic (exact) mass is 424 g/mol. The SMILES string of the molecule is Cl.O=C(COc1ccc2cc(Br)ccc2c1)NC1CC2CCC(C1)N2. The highest BCUT2D eigenvalue weighted by atomic mass is 79.9. The predicted octanol–water partition coefficient (Wildman–Crippen LogP) is 3.80. The predicted molar refractivity (Wildman–Crippen MR) is 106 cm³/mol. The minimum absolute atomic E-state index is 0. The molecule has 2 N–H and O–H groups in total. The van der Waals surface area contributed by atoms with Crippen molar-refractivity contribution < 1.29 is 9.53 Å². The van der Waals surface area contributed by atoms with E-state index >= 15 is 0 Å². The molecule has 2 aromatic carbocycles. The van der Waals surface area contributed by atoms with Gasteiger partial charge in [0.15, 0.2) is 6.61 Å². The fourth-order valence-electron chi connectivity index (χ4n) is 3.88. The number of piperidine rings is 1. The highest BCUT2D eigenvalue weighted by molar-refractivity contribution is 9.10. The first-order valence-electron chi connectivity index (χ1n) is 8.53. The number of carbonyl (C=O) groups excluding carboxylic acids is 1. The minimum atomic E-state index is -0.0304. The van der Waals surface area contributed by atoms with Crippen molar-refractivity contribution in [3.8, 4) is 5.75 Å². The summed E-state index contributed by atoms with van der Waals surface area (Å²) in [5, 5.41) is 8.96. The third-order valence-electron chi connectivity index (χ3n) is 4.98. The second-order valence-electron chi connectivity index (χ2n) is 6.82. The molecule has 2 saturated heterocycles. The first kappa shape index (κ1) is 18.5. The maximum absolute atomic E-state index is 12.2. The van der Waals surface area contributed by atoms with Crippen LogP contribution in [0.5, 0.6) is 5.75 Å². The lowest BCUT2D eigenvalue weighted by Crippen LogP contribution is -2.48. The van der Waals surface area contributed by atoms with Crippen LogP contribution in [0, 0.1) is 0 Å². The fraction of sp³-hybridized carbons (Fsp3) is 0.421. The third-order valence-corrected chi connectivity index (χ3v) is 5.48. The van der Waals surface area contributed by atoms with Gasteiger partial charge in [-0.05, 0) is 60.7 Å². The van der Waals surface area contributed by atoms with Gasteiger partial charge in [0, 0.05) is 22.6 Å². The Kier molecular flexibility index (Phi) is 5.87. The topological polar surface area (TPSA) is 50.4 Å². The van der Waals surface area contributed by atoms with Crippen molar-refractivity contribution in [3.63, 3.8) is 0 Å². The molecule has 2 bridgehead atoms. The van der Waals surface area contributed by atoms with Crippen LogP contribution in [-0.4, -0.2) is 30.6 Å². The van der Waals surface area contributed by atoms with Gasteiger partial charge >= 0.3 is 0 Å². The summed E-state index contributed by atoms with van der Waals surface area (Å²) in [6.45, 7) is 0.0707. The number of carbonyl (C=O) groups is 1. The highest BCUT2D eigenvalue weighted by Gasteiger charge is 2.33. The molecule has 2 aromatic rings. The molecule has 0 radical (unpaired) electrons. The van der Waals surface area contributed by atoms with Crippen LogP contribution in [-0.2, 0) is 4.79 Å². The van der Waals surface area contributed by atoms with E-state index in [1.54, 1.807) is 0 Å². The Morgan fingerprint density at radius 3 is 2.56 bits per heavy atom. The second kappa shape index (κ2) is 7.94. The molecule has 0 aromatic heterocycles. The number of rotatable bonds is 4. The summed E-state index contributed by atoms with van der Waals surface area (Å²) >= 11 is 3.47. The lowest BCUT2D eigenvalue weighted by molar-refractivity contribution is -0.124. The summed E-state index contributed by atoms with van der Waals surface area (Å²) in [6.07, 6.45) is 4.54. The Morgan fingerprint density at radius 2 is 1.80 bits per heavy atom. The number of hydrogen-bond acceptors (Lipinski definition) is 3. The molecule has 2 heterocycles. The third kappa shape index (κ3) is 4.46. The van der Waals surface area contributed by atoms with Crippen molar-refractivity contribution in [1.82, 2.24) is 10.6 Å². The quantitative estimate of drug-likeness (QED) is 0.783. The van der Waals surface area contributed by atoms with E-state index < -0.39 is 0 Å². The lowest BCUT2D eigenvalue weighted by atomic mass is 10.00. The largest absolute Gasteiger partial charge is 0.484 e. The summed E-state index contributed by atoms with van der Waals surface area (Å²) < 4.78 is 6.73. The number of nitrogens with one attached hydrogen (secondary N) is 2. The molecule has 4 nitrogen and oxygen atoms in total. The van der Waals surface area contributed by atoms with Gasteiger partial charge in [0.1, 0.15) is 5.75 Å². The molecule has 0 aliphatic carbocycles. The van der Waals surface area contributed by atoms with Crippen LogP contribution >= 0.6 is 28.3 Å². The van der Waals surface area contributed by atoms with Crippen molar-refractivity contribution in [2.24, 2.45) is 0 Å². The first-order valence-corrected chi connectivity index (χ1v) is 9.32. The smallest absolute Gasteiger partial charge is 0.258 e. The van der Waals surface area contributed by atoms with Gasteiger partial charge < -0.3 is 15.4 Å². The van der Waals surface area contributed by atoms with Gasteiger partial charge in [0.05, 0.1) is 0 Å². The Hall–Kier alpha value is -1.30. The molecule has 2 unspecified atom stereocenters. The summed E-state index contributed by atoms with van der Waals surface area (Å²) in [6, 6.07) is 13.4. The van der Waals surface area contributed by atoms with Crippen molar-refractivity contribution in [3.05, 3.63) is 40.9 Å². The van der Waals surface area contributed by atoms with Crippen LogP contribution in [0.25, 0.3) is 10.8 Å². The average Bonchev–Trinajstić information content (AvgIpc) is 2.91. The zero-order valence-corrected chi connectivity index (χ0v) is 16.2. The first-order chi connectivity index (χ1) is 11.7. The number of amides is 1. The van der Waals surface area contributed by atoms with Crippen LogP contribution in [0.15, 0.2) is 40.9 Å². The highest BCUT2D eigenvalue weighted by Crippen LogP contribution is 2.27.